The van der Waals surface area contributed by atoms with Crippen LogP contribution >= 0.6 is 0 Å². The van der Waals surface area contributed by atoms with Crippen molar-refractivity contribution in [3.05, 3.63) is 0 Å². The zero-order chi connectivity index (χ0) is 14.4. The third kappa shape index (κ3) is 4.41. The Morgan fingerprint density at radius 3 is 2.50 bits per heavy atom. The molecule has 0 amide bonds. The first-order valence-corrected chi connectivity index (χ1v) is 9.58. The molecule has 1 aliphatic carbocycles. The van der Waals surface area contributed by atoms with Crippen LogP contribution in [0.1, 0.15) is 51.4 Å². The Morgan fingerprint density at radius 1 is 1.15 bits per heavy atom. The molecule has 6 heteroatoms. The molecular formula is C14H28N2O3S. The van der Waals surface area contributed by atoms with Gasteiger partial charge in [0.05, 0.1) is 5.75 Å². The number of rotatable bonds is 8. The fraction of sp³-hybridized carbons (Fsp3) is 1.00. The lowest BCUT2D eigenvalue weighted by atomic mass is 9.93. The van der Waals surface area contributed by atoms with Crippen molar-refractivity contribution in [2.24, 2.45) is 0 Å². The zero-order valence-electron chi connectivity index (χ0n) is 12.3. The van der Waals surface area contributed by atoms with Crippen LogP contribution in [0.4, 0.5) is 0 Å². The number of hydrogen-bond donors (Lipinski definition) is 2. The van der Waals surface area contributed by atoms with E-state index in [4.69, 9.17) is 5.11 Å². The van der Waals surface area contributed by atoms with E-state index >= 15 is 0 Å². The summed E-state index contributed by atoms with van der Waals surface area (Å²) in [5, 5.41) is 12.4. The Hall–Kier alpha value is -0.170. The van der Waals surface area contributed by atoms with Crippen molar-refractivity contribution in [3.63, 3.8) is 0 Å². The highest BCUT2D eigenvalue weighted by Crippen LogP contribution is 2.28. The van der Waals surface area contributed by atoms with Gasteiger partial charge in [-0.3, -0.25) is 0 Å². The van der Waals surface area contributed by atoms with Crippen molar-refractivity contribution in [2.75, 3.05) is 25.4 Å². The fourth-order valence-corrected chi connectivity index (χ4v) is 4.92. The molecule has 1 atom stereocenters. The average Bonchev–Trinajstić information content (AvgIpc) is 2.40. The summed E-state index contributed by atoms with van der Waals surface area (Å²) in [6.07, 6.45) is 7.83. The molecule has 118 valence electrons. The van der Waals surface area contributed by atoms with E-state index in [1.165, 1.54) is 12.8 Å². The van der Waals surface area contributed by atoms with Gasteiger partial charge in [0.15, 0.2) is 0 Å². The lowest BCUT2D eigenvalue weighted by Gasteiger charge is -2.37. The van der Waals surface area contributed by atoms with Crippen molar-refractivity contribution < 1.29 is 13.5 Å². The zero-order valence-corrected chi connectivity index (χ0v) is 13.1. The standard InChI is InChI=1S/C14H28N2O3S/c17-11-4-10-16(14-6-3-7-14)20(18,19)12-8-13-5-1-2-9-15-13/h13-15,17H,1-12H2. The Kier molecular flexibility index (Phi) is 6.26. The molecule has 1 saturated carbocycles. The van der Waals surface area contributed by atoms with Crippen molar-refractivity contribution in [1.82, 2.24) is 9.62 Å². The summed E-state index contributed by atoms with van der Waals surface area (Å²) in [4.78, 5) is 0. The van der Waals surface area contributed by atoms with Crippen LogP contribution in [-0.4, -0.2) is 55.4 Å². The molecule has 0 aromatic carbocycles. The van der Waals surface area contributed by atoms with E-state index in [2.05, 4.69) is 5.32 Å². The van der Waals surface area contributed by atoms with Crippen LogP contribution in [-0.2, 0) is 10.0 Å². The van der Waals surface area contributed by atoms with E-state index in [0.717, 1.165) is 32.2 Å². The van der Waals surface area contributed by atoms with E-state index in [1.807, 2.05) is 0 Å². The number of nitrogens with one attached hydrogen (secondary N) is 1. The van der Waals surface area contributed by atoms with E-state index in [0.29, 0.717) is 25.4 Å². The van der Waals surface area contributed by atoms with Gasteiger partial charge in [0.2, 0.25) is 10.0 Å². The molecule has 0 aromatic rings. The van der Waals surface area contributed by atoms with Gasteiger partial charge in [-0.15, -0.1) is 0 Å². The highest BCUT2D eigenvalue weighted by Gasteiger charge is 2.33. The maximum absolute atomic E-state index is 12.5. The molecule has 2 aliphatic rings. The highest BCUT2D eigenvalue weighted by atomic mass is 32.2. The Bertz CT molecular complexity index is 376. The van der Waals surface area contributed by atoms with Gasteiger partial charge < -0.3 is 10.4 Å². The summed E-state index contributed by atoms with van der Waals surface area (Å²) in [6.45, 7) is 1.55. The van der Waals surface area contributed by atoms with Crippen molar-refractivity contribution in [3.8, 4) is 0 Å². The van der Waals surface area contributed by atoms with Crippen LogP contribution in [0.25, 0.3) is 0 Å². The largest absolute Gasteiger partial charge is 0.396 e. The predicted octanol–water partition coefficient (Wildman–Crippen LogP) is 1.09. The molecule has 20 heavy (non-hydrogen) atoms. The number of piperidine rings is 1. The van der Waals surface area contributed by atoms with Gasteiger partial charge >= 0.3 is 0 Å². The average molecular weight is 304 g/mol. The second kappa shape index (κ2) is 7.73. The summed E-state index contributed by atoms with van der Waals surface area (Å²) in [6, 6.07) is 0.547. The van der Waals surface area contributed by atoms with E-state index in [9.17, 15) is 8.42 Å². The maximum atomic E-state index is 12.5. The Morgan fingerprint density at radius 2 is 1.95 bits per heavy atom. The highest BCUT2D eigenvalue weighted by molar-refractivity contribution is 7.89. The molecule has 2 rings (SSSR count). The van der Waals surface area contributed by atoms with Gasteiger partial charge in [0.1, 0.15) is 0 Å². The lowest BCUT2D eigenvalue weighted by Crippen LogP contribution is -2.46. The van der Waals surface area contributed by atoms with E-state index < -0.39 is 10.0 Å². The van der Waals surface area contributed by atoms with Crippen LogP contribution < -0.4 is 5.32 Å². The topological polar surface area (TPSA) is 69.6 Å². The van der Waals surface area contributed by atoms with Gasteiger partial charge in [-0.1, -0.05) is 12.8 Å². The number of sulfonamides is 1. The minimum absolute atomic E-state index is 0.0585. The number of nitrogens with zero attached hydrogens (tertiary/aromatic N) is 1. The summed E-state index contributed by atoms with van der Waals surface area (Å²) < 4.78 is 26.7. The second-order valence-corrected chi connectivity index (χ2v) is 8.07. The molecule has 2 fully saturated rings. The SMILES string of the molecule is O=S(=O)(CCC1CCCCN1)N(CCCO)C1CCC1. The lowest BCUT2D eigenvalue weighted by molar-refractivity contribution is 0.198. The molecule has 0 radical (unpaired) electrons. The van der Waals surface area contributed by atoms with Gasteiger partial charge in [0, 0.05) is 25.2 Å². The molecule has 0 spiro atoms. The second-order valence-electron chi connectivity index (χ2n) is 6.02. The van der Waals surface area contributed by atoms with Crippen molar-refractivity contribution in [2.45, 2.75) is 63.5 Å². The fourth-order valence-electron chi connectivity index (χ4n) is 3.03. The maximum Gasteiger partial charge on any atom is 0.214 e. The van der Waals surface area contributed by atoms with Gasteiger partial charge in [-0.2, -0.15) is 4.31 Å². The summed E-state index contributed by atoms with van der Waals surface area (Å²) >= 11 is 0. The van der Waals surface area contributed by atoms with Crippen LogP contribution in [0.15, 0.2) is 0 Å². The minimum Gasteiger partial charge on any atom is -0.396 e. The monoisotopic (exact) mass is 304 g/mol. The number of hydrogen-bond acceptors (Lipinski definition) is 4. The van der Waals surface area contributed by atoms with Gasteiger partial charge in [-0.05, 0) is 45.1 Å². The Balaban J connectivity index is 1.87. The molecule has 0 aromatic heterocycles. The first kappa shape index (κ1) is 16.2. The van der Waals surface area contributed by atoms with Gasteiger partial charge in [-0.25, -0.2) is 8.42 Å². The predicted molar refractivity (Wildman–Crippen MR) is 80.1 cm³/mol. The normalized spacial score (nSPS) is 24.8. The number of aliphatic hydroxyl groups is 1. The van der Waals surface area contributed by atoms with Crippen molar-refractivity contribution in [1.29, 1.82) is 0 Å². The third-order valence-corrected chi connectivity index (χ3v) is 6.46. The van der Waals surface area contributed by atoms with E-state index in [1.54, 1.807) is 4.31 Å². The molecular weight excluding hydrogens is 276 g/mol. The smallest absolute Gasteiger partial charge is 0.214 e. The van der Waals surface area contributed by atoms with Gasteiger partial charge in [0.25, 0.3) is 0 Å². The Labute approximate surface area is 122 Å². The number of aliphatic hydroxyl groups excluding tert-OH is 1. The summed E-state index contributed by atoms with van der Waals surface area (Å²) in [5.74, 6) is 0.243. The van der Waals surface area contributed by atoms with Crippen LogP contribution in [0, 0.1) is 0 Å². The van der Waals surface area contributed by atoms with Crippen molar-refractivity contribution >= 4 is 10.0 Å². The molecule has 5 nitrogen and oxygen atoms in total. The molecule has 1 heterocycles. The minimum atomic E-state index is -3.17. The molecule has 0 bridgehead atoms. The van der Waals surface area contributed by atoms with Crippen LogP contribution in [0.5, 0.6) is 0 Å². The van der Waals surface area contributed by atoms with E-state index in [-0.39, 0.29) is 18.4 Å². The molecule has 1 unspecified atom stereocenters. The molecule has 1 saturated heterocycles. The van der Waals surface area contributed by atoms with Crippen LogP contribution in [0.3, 0.4) is 0 Å². The quantitative estimate of drug-likeness (QED) is 0.704. The molecule has 2 N–H and O–H groups in total. The van der Waals surface area contributed by atoms with Crippen LogP contribution in [0.2, 0.25) is 0 Å². The summed E-state index contributed by atoms with van der Waals surface area (Å²) in [5.41, 5.74) is 0. The first-order valence-electron chi connectivity index (χ1n) is 7.97. The first-order chi connectivity index (χ1) is 9.63. The third-order valence-electron chi connectivity index (χ3n) is 4.51. The summed E-state index contributed by atoms with van der Waals surface area (Å²) in [7, 11) is -3.17. The molecule has 1 aliphatic heterocycles.